The van der Waals surface area contributed by atoms with Crippen molar-refractivity contribution in [3.05, 3.63) is 134 Å². The highest BCUT2D eigenvalue weighted by Crippen LogP contribution is 2.18. The highest BCUT2D eigenvalue weighted by atomic mass is 16.7. The summed E-state index contributed by atoms with van der Waals surface area (Å²) < 4.78 is 23.0. The van der Waals surface area contributed by atoms with Gasteiger partial charge in [-0.2, -0.15) is 0 Å². The normalized spacial score (nSPS) is 13.4. The third-order valence-corrected chi connectivity index (χ3v) is 16.7. The predicted molar refractivity (Wildman–Crippen MR) is 405 cm³/mol. The van der Waals surface area contributed by atoms with Gasteiger partial charge in [0.25, 0.3) is 6.29 Å². The van der Waals surface area contributed by atoms with Gasteiger partial charge in [0.05, 0.1) is 34.4 Å². The topological polar surface area (TPSA) is 108 Å². The van der Waals surface area contributed by atoms with E-state index in [1.54, 1.807) is 0 Å². The Morgan fingerprint density at radius 2 is 0.606 bits per heavy atom. The molecule has 0 fully saturated rings. The molecule has 2 atom stereocenters. The molecule has 0 radical (unpaired) electrons. The van der Waals surface area contributed by atoms with E-state index in [4.69, 9.17) is 18.9 Å². The average molecular weight is 1310 g/mol. The van der Waals surface area contributed by atoms with Gasteiger partial charge in [-0.05, 0) is 96.3 Å². The van der Waals surface area contributed by atoms with Gasteiger partial charge in [-0.3, -0.25) is 9.59 Å². The fourth-order valence-corrected chi connectivity index (χ4v) is 10.8. The molecule has 0 amide bonds. The number of likely N-dealkylation sites (N-methyl/N-ethyl adjacent to an activating group) is 1. The molecule has 0 aliphatic rings. The Balaban J connectivity index is 4.16. The van der Waals surface area contributed by atoms with Crippen molar-refractivity contribution in [2.45, 2.75) is 341 Å². The second-order valence-electron chi connectivity index (χ2n) is 26.9. The van der Waals surface area contributed by atoms with Crippen LogP contribution in [0.15, 0.2) is 134 Å². The van der Waals surface area contributed by atoms with Gasteiger partial charge in [-0.1, -0.05) is 353 Å². The van der Waals surface area contributed by atoms with Crippen LogP contribution in [0, 0.1) is 0 Å². The van der Waals surface area contributed by atoms with Crippen molar-refractivity contribution >= 4 is 17.9 Å². The lowest BCUT2D eigenvalue weighted by Gasteiger charge is -2.25. The quantitative estimate of drug-likeness (QED) is 0.0211. The Kier molecular flexibility index (Phi) is 70.6. The van der Waals surface area contributed by atoms with E-state index in [0.717, 1.165) is 109 Å². The number of hydrogen-bond donors (Lipinski definition) is 1. The molecule has 1 N–H and O–H groups in total. The van der Waals surface area contributed by atoms with E-state index in [1.165, 1.54) is 186 Å². The van der Waals surface area contributed by atoms with E-state index in [1.807, 2.05) is 21.1 Å². The number of aliphatic carboxylic acids is 1. The number of ether oxygens (including phenoxy) is 4. The van der Waals surface area contributed by atoms with Gasteiger partial charge >= 0.3 is 17.9 Å². The van der Waals surface area contributed by atoms with Crippen LogP contribution in [0.25, 0.3) is 0 Å². The van der Waals surface area contributed by atoms with E-state index in [2.05, 4.69) is 148 Å². The molecule has 538 valence electrons. The first-order valence-electron chi connectivity index (χ1n) is 38.8. The molecule has 9 heteroatoms. The minimum absolute atomic E-state index is 0.176. The molecule has 0 aromatic rings. The van der Waals surface area contributed by atoms with Crippen molar-refractivity contribution < 1.29 is 42.9 Å². The van der Waals surface area contributed by atoms with Crippen LogP contribution in [0.5, 0.6) is 0 Å². The molecular formula is C85H146NO8+. The molecule has 0 saturated heterocycles. The maximum absolute atomic E-state index is 13.0. The minimum Gasteiger partial charge on any atom is -0.477 e. The SMILES string of the molecule is CC/C=C\C/C=C\C/C=C\C/C=C\C/C=C\C/C=C\C/C=C\C/C=C\C/C=C\C/C=C\C/C=C\CCCCCC(=O)OC(COC(=O)CCCCCCCCCCCCCCCCCCCCCCCCCCCCCCCCCC)COC(OCC[N+](C)(C)C)C(=O)O. The summed E-state index contributed by atoms with van der Waals surface area (Å²) in [6.07, 6.45) is 105. The average Bonchev–Trinajstić information content (AvgIpc) is 3.75. The van der Waals surface area contributed by atoms with Crippen LogP contribution >= 0.6 is 0 Å². The first-order valence-corrected chi connectivity index (χ1v) is 38.8. The third-order valence-electron chi connectivity index (χ3n) is 16.7. The molecule has 0 aromatic carbocycles. The Morgan fingerprint density at radius 1 is 0.330 bits per heavy atom. The fraction of sp³-hybridized carbons (Fsp3) is 0.706. The first kappa shape index (κ1) is 89.4. The highest BCUT2D eigenvalue weighted by molar-refractivity contribution is 5.71. The Hall–Kier alpha value is -4.57. The number of quaternary nitrogens is 1. The molecule has 0 spiro atoms. The van der Waals surface area contributed by atoms with Crippen LogP contribution in [-0.2, 0) is 33.3 Å². The summed E-state index contributed by atoms with van der Waals surface area (Å²) in [6, 6.07) is 0. The molecule has 0 aliphatic heterocycles. The van der Waals surface area contributed by atoms with E-state index in [0.29, 0.717) is 23.9 Å². The maximum atomic E-state index is 13.0. The van der Waals surface area contributed by atoms with Crippen molar-refractivity contribution in [2.24, 2.45) is 0 Å². The second-order valence-corrected chi connectivity index (χ2v) is 26.9. The van der Waals surface area contributed by atoms with Gasteiger partial charge in [0.1, 0.15) is 13.2 Å². The summed E-state index contributed by atoms with van der Waals surface area (Å²) in [4.78, 5) is 37.7. The number of carbonyl (C=O) groups is 3. The lowest BCUT2D eigenvalue weighted by Crippen LogP contribution is -2.40. The summed E-state index contributed by atoms with van der Waals surface area (Å²) in [7, 11) is 5.97. The number of allylic oxidation sites excluding steroid dienone is 22. The summed E-state index contributed by atoms with van der Waals surface area (Å²) in [6.45, 7) is 4.75. The van der Waals surface area contributed by atoms with E-state index in [-0.39, 0.29) is 32.2 Å². The number of carboxylic acids is 1. The molecule has 94 heavy (non-hydrogen) atoms. The Bertz CT molecular complexity index is 2010. The number of esters is 2. The molecular weight excluding hydrogens is 1160 g/mol. The lowest BCUT2D eigenvalue weighted by atomic mass is 10.0. The monoisotopic (exact) mass is 1310 g/mol. The van der Waals surface area contributed by atoms with Gasteiger partial charge in [0.15, 0.2) is 6.10 Å². The number of nitrogens with zero attached hydrogens (tertiary/aromatic N) is 1. The number of rotatable bonds is 71. The van der Waals surface area contributed by atoms with Gasteiger partial charge in [0, 0.05) is 12.8 Å². The lowest BCUT2D eigenvalue weighted by molar-refractivity contribution is -0.870. The summed E-state index contributed by atoms with van der Waals surface area (Å²) in [5.41, 5.74) is 0. The van der Waals surface area contributed by atoms with Gasteiger partial charge in [-0.25, -0.2) is 4.79 Å². The largest absolute Gasteiger partial charge is 0.477 e. The van der Waals surface area contributed by atoms with Gasteiger partial charge in [-0.15, -0.1) is 0 Å². The summed E-state index contributed by atoms with van der Waals surface area (Å²) in [5.74, 6) is -2.05. The molecule has 0 bridgehead atoms. The standard InChI is InChI=1S/C85H145NO8/c1-6-8-10-12-14-16-18-20-22-24-26-28-30-32-34-36-38-40-41-42-43-44-46-48-50-52-54-56-58-60-62-64-66-68-70-72-74-76-83(88)94-81(80-93-85(84(89)90)91-78-77-86(3,4)5)79-92-82(87)75-73-71-69-67-65-63-61-59-57-55-53-51-49-47-45-39-37-35-33-31-29-27-25-23-21-19-17-15-13-11-9-7-2/h8,10,14,16,20,22,26,28,32,34,38,40,42-43,46,48,52,54,58,60,64,66,81,85H,6-7,9,11-13,15,17-19,21,23-25,27,29-31,33,35-37,39,41,44-45,47,49-51,53,55-57,59,61-63,65,67-80H2,1-5H3/p+1/b10-8-,16-14-,22-20-,28-26-,34-32-,40-38-,43-42-,48-46-,54-52-,60-58-,66-64-. The summed E-state index contributed by atoms with van der Waals surface area (Å²) in [5, 5.41) is 9.76. The minimum atomic E-state index is -1.53. The number of hydrogen-bond acceptors (Lipinski definition) is 7. The molecule has 0 rings (SSSR count). The predicted octanol–water partition coefficient (Wildman–Crippen LogP) is 24.9. The van der Waals surface area contributed by atoms with Crippen LogP contribution < -0.4 is 0 Å². The molecule has 2 unspecified atom stereocenters. The van der Waals surface area contributed by atoms with Crippen molar-refractivity contribution in [3.8, 4) is 0 Å². The van der Waals surface area contributed by atoms with Crippen LogP contribution in [0.1, 0.15) is 328 Å². The van der Waals surface area contributed by atoms with E-state index < -0.39 is 24.3 Å². The molecule has 0 saturated carbocycles. The number of carboxylic acid groups (broad SMARTS) is 1. The van der Waals surface area contributed by atoms with Gasteiger partial charge in [0.2, 0.25) is 0 Å². The smallest absolute Gasteiger partial charge is 0.361 e. The van der Waals surface area contributed by atoms with Gasteiger partial charge < -0.3 is 28.5 Å². The van der Waals surface area contributed by atoms with Crippen LogP contribution in [0.4, 0.5) is 0 Å². The molecule has 0 aliphatic carbocycles. The molecule has 9 nitrogen and oxygen atoms in total. The highest BCUT2D eigenvalue weighted by Gasteiger charge is 2.25. The van der Waals surface area contributed by atoms with E-state index >= 15 is 0 Å². The third kappa shape index (κ3) is 74.8. The summed E-state index contributed by atoms with van der Waals surface area (Å²) >= 11 is 0. The first-order chi connectivity index (χ1) is 46.1. The van der Waals surface area contributed by atoms with Crippen LogP contribution in [0.3, 0.4) is 0 Å². The second kappa shape index (κ2) is 74.2. The van der Waals surface area contributed by atoms with E-state index in [9.17, 15) is 19.5 Å². The van der Waals surface area contributed by atoms with Crippen molar-refractivity contribution in [2.75, 3.05) is 47.5 Å². The van der Waals surface area contributed by atoms with Crippen molar-refractivity contribution in [3.63, 3.8) is 0 Å². The zero-order valence-corrected chi connectivity index (χ0v) is 61.6. The molecule has 0 aromatic heterocycles. The Morgan fingerprint density at radius 3 is 0.904 bits per heavy atom. The zero-order valence-electron chi connectivity index (χ0n) is 61.6. The van der Waals surface area contributed by atoms with Crippen LogP contribution in [-0.4, -0.2) is 87.4 Å². The van der Waals surface area contributed by atoms with Crippen molar-refractivity contribution in [1.29, 1.82) is 0 Å². The number of carbonyl (C=O) groups excluding carboxylic acids is 2. The van der Waals surface area contributed by atoms with Crippen LogP contribution in [0.2, 0.25) is 0 Å². The fourth-order valence-electron chi connectivity index (χ4n) is 10.8. The Labute approximate surface area is 580 Å². The zero-order chi connectivity index (χ0) is 68.2. The van der Waals surface area contributed by atoms with Crippen molar-refractivity contribution in [1.82, 2.24) is 0 Å². The molecule has 0 heterocycles. The maximum Gasteiger partial charge on any atom is 0.361 e. The number of unbranched alkanes of at least 4 members (excludes halogenated alkanes) is 34.